The molecule has 0 aromatic carbocycles. The van der Waals surface area contributed by atoms with Crippen LogP contribution in [0.1, 0.15) is 26.0 Å². The lowest BCUT2D eigenvalue weighted by Crippen LogP contribution is -2.09. The van der Waals surface area contributed by atoms with Crippen LogP contribution in [-0.2, 0) is 13.5 Å². The Hall–Kier alpha value is -0.900. The van der Waals surface area contributed by atoms with Crippen molar-refractivity contribution in [3.8, 4) is 0 Å². The first kappa shape index (κ1) is 10.2. The zero-order chi connectivity index (χ0) is 9.84. The van der Waals surface area contributed by atoms with Crippen molar-refractivity contribution in [1.29, 1.82) is 0 Å². The van der Waals surface area contributed by atoms with Gasteiger partial charge in [0.2, 0.25) is 0 Å². The molecule has 0 aliphatic carbocycles. The summed E-state index contributed by atoms with van der Waals surface area (Å²) in [5.41, 5.74) is 0.996. The molecule has 13 heavy (non-hydrogen) atoms. The molecule has 74 valence electrons. The molecule has 0 spiro atoms. The van der Waals surface area contributed by atoms with Gasteiger partial charge in [0.05, 0.1) is 11.8 Å². The molecule has 1 rings (SSSR count). The summed E-state index contributed by atoms with van der Waals surface area (Å²) >= 11 is 0. The molecule has 0 bridgehead atoms. The maximum absolute atomic E-state index is 9.16. The Morgan fingerprint density at radius 3 is 2.69 bits per heavy atom. The molecule has 1 aromatic heterocycles. The SMILES string of the molecule is CC(O)CC(C)Cc1cn(C)nn1. The second-order valence-electron chi connectivity index (χ2n) is 3.78. The van der Waals surface area contributed by atoms with Gasteiger partial charge in [-0.1, -0.05) is 12.1 Å². The van der Waals surface area contributed by atoms with E-state index >= 15 is 0 Å². The third-order valence-electron chi connectivity index (χ3n) is 1.95. The Morgan fingerprint density at radius 1 is 1.54 bits per heavy atom. The predicted molar refractivity (Wildman–Crippen MR) is 50.2 cm³/mol. The van der Waals surface area contributed by atoms with Gasteiger partial charge in [-0.05, 0) is 25.7 Å². The Bertz CT molecular complexity index is 257. The zero-order valence-electron chi connectivity index (χ0n) is 8.44. The first-order valence-electron chi connectivity index (χ1n) is 4.61. The molecule has 0 fully saturated rings. The summed E-state index contributed by atoms with van der Waals surface area (Å²) in [6.45, 7) is 3.93. The van der Waals surface area contributed by atoms with Crippen LogP contribution >= 0.6 is 0 Å². The van der Waals surface area contributed by atoms with Gasteiger partial charge in [-0.15, -0.1) is 5.10 Å². The Balaban J connectivity index is 2.40. The van der Waals surface area contributed by atoms with E-state index in [2.05, 4.69) is 17.2 Å². The van der Waals surface area contributed by atoms with Crippen molar-refractivity contribution in [2.75, 3.05) is 0 Å². The highest BCUT2D eigenvalue weighted by molar-refractivity contribution is 4.93. The molecule has 0 amide bonds. The summed E-state index contributed by atoms with van der Waals surface area (Å²) in [5, 5.41) is 17.0. The van der Waals surface area contributed by atoms with E-state index in [1.54, 1.807) is 4.68 Å². The second kappa shape index (κ2) is 4.37. The van der Waals surface area contributed by atoms with Gasteiger partial charge in [0.1, 0.15) is 0 Å². The first-order valence-corrected chi connectivity index (χ1v) is 4.61. The molecule has 0 saturated heterocycles. The molecular formula is C9H17N3O. The maximum Gasteiger partial charge on any atom is 0.0829 e. The molecule has 1 aromatic rings. The molecule has 0 aliphatic heterocycles. The highest BCUT2D eigenvalue weighted by Gasteiger charge is 2.08. The van der Waals surface area contributed by atoms with E-state index in [1.807, 2.05) is 20.2 Å². The van der Waals surface area contributed by atoms with Crippen molar-refractivity contribution >= 4 is 0 Å². The van der Waals surface area contributed by atoms with Crippen LogP contribution in [-0.4, -0.2) is 26.2 Å². The van der Waals surface area contributed by atoms with Crippen molar-refractivity contribution < 1.29 is 5.11 Å². The summed E-state index contributed by atoms with van der Waals surface area (Å²) in [4.78, 5) is 0. The number of aromatic nitrogens is 3. The lowest BCUT2D eigenvalue weighted by molar-refractivity contribution is 0.164. The Morgan fingerprint density at radius 2 is 2.23 bits per heavy atom. The number of nitrogens with zero attached hydrogens (tertiary/aromatic N) is 3. The quantitative estimate of drug-likeness (QED) is 0.750. The summed E-state index contributed by atoms with van der Waals surface area (Å²) in [5.74, 6) is 0.455. The third kappa shape index (κ3) is 3.55. The van der Waals surface area contributed by atoms with Gasteiger partial charge in [0.15, 0.2) is 0 Å². The fourth-order valence-corrected chi connectivity index (χ4v) is 1.51. The number of aliphatic hydroxyl groups is 1. The van der Waals surface area contributed by atoms with Gasteiger partial charge >= 0.3 is 0 Å². The Kier molecular flexibility index (Phi) is 3.42. The van der Waals surface area contributed by atoms with Gasteiger partial charge in [0.25, 0.3) is 0 Å². The van der Waals surface area contributed by atoms with Crippen LogP contribution in [0.5, 0.6) is 0 Å². The lowest BCUT2D eigenvalue weighted by atomic mass is 9.99. The van der Waals surface area contributed by atoms with Crippen LogP contribution in [0.2, 0.25) is 0 Å². The largest absolute Gasteiger partial charge is 0.393 e. The number of aliphatic hydroxyl groups excluding tert-OH is 1. The minimum atomic E-state index is -0.230. The number of rotatable bonds is 4. The minimum absolute atomic E-state index is 0.230. The molecule has 0 saturated carbocycles. The monoisotopic (exact) mass is 183 g/mol. The van der Waals surface area contributed by atoms with E-state index in [1.165, 1.54) is 0 Å². The van der Waals surface area contributed by atoms with Gasteiger partial charge in [0, 0.05) is 13.2 Å². The lowest BCUT2D eigenvalue weighted by Gasteiger charge is -2.10. The summed E-state index contributed by atoms with van der Waals surface area (Å²) < 4.78 is 1.70. The molecule has 2 atom stereocenters. The van der Waals surface area contributed by atoms with Gasteiger partial charge in [-0.2, -0.15) is 0 Å². The molecule has 0 radical (unpaired) electrons. The average molecular weight is 183 g/mol. The predicted octanol–water partition coefficient (Wildman–Crippen LogP) is 0.765. The maximum atomic E-state index is 9.16. The van der Waals surface area contributed by atoms with Crippen molar-refractivity contribution in [2.24, 2.45) is 13.0 Å². The fourth-order valence-electron chi connectivity index (χ4n) is 1.51. The van der Waals surface area contributed by atoms with Gasteiger partial charge in [-0.25, -0.2) is 0 Å². The summed E-state index contributed by atoms with van der Waals surface area (Å²) in [7, 11) is 1.86. The highest BCUT2D eigenvalue weighted by atomic mass is 16.3. The van der Waals surface area contributed by atoms with Crippen LogP contribution in [0.4, 0.5) is 0 Å². The van der Waals surface area contributed by atoms with E-state index in [-0.39, 0.29) is 6.10 Å². The van der Waals surface area contributed by atoms with E-state index < -0.39 is 0 Å². The van der Waals surface area contributed by atoms with Crippen LogP contribution < -0.4 is 0 Å². The summed E-state index contributed by atoms with van der Waals surface area (Å²) in [6.07, 6.45) is 3.39. The van der Waals surface area contributed by atoms with E-state index in [9.17, 15) is 0 Å². The van der Waals surface area contributed by atoms with Crippen LogP contribution in [0.3, 0.4) is 0 Å². The van der Waals surface area contributed by atoms with Gasteiger partial charge < -0.3 is 5.11 Å². The second-order valence-corrected chi connectivity index (χ2v) is 3.78. The zero-order valence-corrected chi connectivity index (χ0v) is 8.44. The average Bonchev–Trinajstić information content (AvgIpc) is 2.33. The van der Waals surface area contributed by atoms with Crippen molar-refractivity contribution in [3.05, 3.63) is 11.9 Å². The van der Waals surface area contributed by atoms with Crippen LogP contribution in [0, 0.1) is 5.92 Å². The minimum Gasteiger partial charge on any atom is -0.393 e. The number of aryl methyl sites for hydroxylation is 1. The highest BCUT2D eigenvalue weighted by Crippen LogP contribution is 2.11. The number of hydrogen-bond donors (Lipinski definition) is 1. The number of hydrogen-bond acceptors (Lipinski definition) is 3. The molecular weight excluding hydrogens is 166 g/mol. The fraction of sp³-hybridized carbons (Fsp3) is 0.778. The third-order valence-corrected chi connectivity index (χ3v) is 1.95. The van der Waals surface area contributed by atoms with Crippen LogP contribution in [0.15, 0.2) is 6.20 Å². The molecule has 0 aliphatic rings. The smallest absolute Gasteiger partial charge is 0.0829 e. The molecule has 2 unspecified atom stereocenters. The normalized spacial score (nSPS) is 15.7. The standard InChI is InChI=1S/C9H17N3O/c1-7(4-8(2)13)5-9-6-12(3)11-10-9/h6-8,13H,4-5H2,1-3H3. The summed E-state index contributed by atoms with van der Waals surface area (Å²) in [6, 6.07) is 0. The van der Waals surface area contributed by atoms with Crippen molar-refractivity contribution in [2.45, 2.75) is 32.8 Å². The van der Waals surface area contributed by atoms with E-state index in [0.29, 0.717) is 5.92 Å². The molecule has 1 heterocycles. The van der Waals surface area contributed by atoms with Gasteiger partial charge in [-0.3, -0.25) is 4.68 Å². The molecule has 4 heteroatoms. The first-order chi connectivity index (χ1) is 6.08. The molecule has 4 nitrogen and oxygen atoms in total. The van der Waals surface area contributed by atoms with Crippen molar-refractivity contribution in [3.63, 3.8) is 0 Å². The molecule has 1 N–H and O–H groups in total. The van der Waals surface area contributed by atoms with Crippen LogP contribution in [0.25, 0.3) is 0 Å². The van der Waals surface area contributed by atoms with E-state index in [0.717, 1.165) is 18.5 Å². The van der Waals surface area contributed by atoms with E-state index in [4.69, 9.17) is 5.11 Å². The topological polar surface area (TPSA) is 50.9 Å². The Labute approximate surface area is 78.6 Å². The van der Waals surface area contributed by atoms with Crippen molar-refractivity contribution in [1.82, 2.24) is 15.0 Å².